The van der Waals surface area contributed by atoms with Crippen LogP contribution in [-0.2, 0) is 4.74 Å². The van der Waals surface area contributed by atoms with Gasteiger partial charge in [-0.3, -0.25) is 9.69 Å². The zero-order valence-corrected chi connectivity index (χ0v) is 19.4. The third-order valence-corrected chi connectivity index (χ3v) is 7.33. The highest BCUT2D eigenvalue weighted by molar-refractivity contribution is 7.22. The van der Waals surface area contributed by atoms with Crippen molar-refractivity contribution < 1.29 is 14.3 Å². The maximum Gasteiger partial charge on any atom is 0.263 e. The Morgan fingerprint density at radius 3 is 2.59 bits per heavy atom. The fraction of sp³-hybridized carbons (Fsp3) is 0.308. The molecule has 1 amide bonds. The molecule has 2 heterocycles. The number of thiazole rings is 1. The van der Waals surface area contributed by atoms with Crippen LogP contribution in [0.3, 0.4) is 0 Å². The number of nitrogens with zero attached hydrogens (tertiary/aromatic N) is 2. The number of benzene rings is 3. The largest absolute Gasteiger partial charge is 0.496 e. The first-order chi connectivity index (χ1) is 15.5. The van der Waals surface area contributed by atoms with Crippen LogP contribution in [0.5, 0.6) is 5.75 Å². The second kappa shape index (κ2) is 8.52. The molecule has 3 aromatic carbocycles. The minimum atomic E-state index is -0.113. The van der Waals surface area contributed by atoms with Crippen LogP contribution < -0.4 is 9.64 Å². The highest BCUT2D eigenvalue weighted by Gasteiger charge is 2.29. The van der Waals surface area contributed by atoms with Crippen LogP contribution in [0.4, 0.5) is 5.13 Å². The molecule has 1 fully saturated rings. The second-order valence-corrected chi connectivity index (χ2v) is 9.30. The zero-order valence-electron chi connectivity index (χ0n) is 18.6. The third kappa shape index (κ3) is 3.74. The summed E-state index contributed by atoms with van der Waals surface area (Å²) < 4.78 is 12.6. The van der Waals surface area contributed by atoms with Gasteiger partial charge in [-0.05, 0) is 60.7 Å². The van der Waals surface area contributed by atoms with Crippen LogP contribution in [0.25, 0.3) is 21.0 Å². The number of rotatable bonds is 5. The van der Waals surface area contributed by atoms with Crippen molar-refractivity contribution in [1.29, 1.82) is 0 Å². The molecule has 164 valence electrons. The van der Waals surface area contributed by atoms with Gasteiger partial charge in [0, 0.05) is 6.61 Å². The van der Waals surface area contributed by atoms with Gasteiger partial charge in [0.2, 0.25) is 0 Å². The molecular formula is C26H26N2O3S. The summed E-state index contributed by atoms with van der Waals surface area (Å²) in [6.45, 7) is 5.36. The first kappa shape index (κ1) is 20.9. The molecular weight excluding hydrogens is 420 g/mol. The van der Waals surface area contributed by atoms with Gasteiger partial charge in [-0.15, -0.1) is 0 Å². The van der Waals surface area contributed by atoms with E-state index in [0.717, 1.165) is 46.0 Å². The Bertz CT molecular complexity index is 1270. The van der Waals surface area contributed by atoms with Crippen LogP contribution in [0, 0.1) is 13.8 Å². The number of hydrogen-bond acceptors (Lipinski definition) is 5. The number of methoxy groups -OCH3 is 1. The number of aromatic nitrogens is 1. The van der Waals surface area contributed by atoms with Gasteiger partial charge in [0.05, 0.1) is 35.5 Å². The van der Waals surface area contributed by atoms with Gasteiger partial charge in [0.15, 0.2) is 5.13 Å². The maximum absolute atomic E-state index is 14.0. The van der Waals surface area contributed by atoms with E-state index in [9.17, 15) is 4.79 Å². The van der Waals surface area contributed by atoms with Crippen molar-refractivity contribution in [2.75, 3.05) is 25.2 Å². The quantitative estimate of drug-likeness (QED) is 0.383. The van der Waals surface area contributed by atoms with Crippen molar-refractivity contribution >= 4 is 43.4 Å². The molecule has 0 bridgehead atoms. The van der Waals surface area contributed by atoms with Crippen molar-refractivity contribution in [1.82, 2.24) is 4.98 Å². The molecule has 1 unspecified atom stereocenters. The Kier molecular flexibility index (Phi) is 5.57. The van der Waals surface area contributed by atoms with E-state index in [0.29, 0.717) is 23.0 Å². The molecule has 0 N–H and O–H groups in total. The summed E-state index contributed by atoms with van der Waals surface area (Å²) in [5.74, 6) is 0.456. The zero-order chi connectivity index (χ0) is 22.2. The number of amides is 1. The van der Waals surface area contributed by atoms with Crippen molar-refractivity contribution in [3.63, 3.8) is 0 Å². The van der Waals surface area contributed by atoms with Gasteiger partial charge < -0.3 is 9.47 Å². The monoisotopic (exact) mass is 446 g/mol. The number of carbonyl (C=O) groups excluding carboxylic acids is 1. The molecule has 6 heteroatoms. The third-order valence-electron chi connectivity index (χ3n) is 6.12. The first-order valence-corrected chi connectivity index (χ1v) is 11.7. The Labute approximate surface area is 191 Å². The number of ether oxygens (including phenoxy) is 2. The Morgan fingerprint density at radius 2 is 1.91 bits per heavy atom. The van der Waals surface area contributed by atoms with E-state index >= 15 is 0 Å². The van der Waals surface area contributed by atoms with Gasteiger partial charge >= 0.3 is 0 Å². The Balaban J connectivity index is 1.62. The van der Waals surface area contributed by atoms with Crippen molar-refractivity contribution in [3.05, 3.63) is 65.2 Å². The topological polar surface area (TPSA) is 51.7 Å². The molecule has 0 spiro atoms. The highest BCUT2D eigenvalue weighted by Crippen LogP contribution is 2.36. The molecule has 0 saturated carbocycles. The summed E-state index contributed by atoms with van der Waals surface area (Å²) in [5.41, 5.74) is 3.78. The molecule has 1 aliphatic rings. The lowest BCUT2D eigenvalue weighted by molar-refractivity contribution is 0.0915. The number of hydrogen-bond donors (Lipinski definition) is 0. The predicted octanol–water partition coefficient (Wildman–Crippen LogP) is 5.90. The summed E-state index contributed by atoms with van der Waals surface area (Å²) in [4.78, 5) is 20.7. The van der Waals surface area contributed by atoms with Gasteiger partial charge in [-0.25, -0.2) is 4.98 Å². The summed E-state index contributed by atoms with van der Waals surface area (Å²) in [7, 11) is 1.61. The fourth-order valence-corrected chi connectivity index (χ4v) is 5.42. The van der Waals surface area contributed by atoms with Crippen LogP contribution >= 0.6 is 11.3 Å². The Morgan fingerprint density at radius 1 is 1.16 bits per heavy atom. The molecule has 0 radical (unpaired) electrons. The lowest BCUT2D eigenvalue weighted by atomic mass is 10.0. The Hall–Kier alpha value is -2.96. The average Bonchev–Trinajstić information content (AvgIpc) is 3.49. The molecule has 5 nitrogen and oxygen atoms in total. The van der Waals surface area contributed by atoms with E-state index < -0.39 is 0 Å². The van der Waals surface area contributed by atoms with E-state index in [4.69, 9.17) is 14.5 Å². The van der Waals surface area contributed by atoms with Gasteiger partial charge in [-0.2, -0.15) is 0 Å². The van der Waals surface area contributed by atoms with E-state index in [1.54, 1.807) is 23.3 Å². The normalized spacial score (nSPS) is 16.0. The van der Waals surface area contributed by atoms with Gasteiger partial charge in [0.1, 0.15) is 5.75 Å². The van der Waals surface area contributed by atoms with Crippen molar-refractivity contribution in [2.24, 2.45) is 0 Å². The van der Waals surface area contributed by atoms with E-state index in [1.165, 1.54) is 5.56 Å². The van der Waals surface area contributed by atoms with E-state index in [2.05, 4.69) is 26.0 Å². The summed E-state index contributed by atoms with van der Waals surface area (Å²) >= 11 is 1.57. The van der Waals surface area contributed by atoms with Gasteiger partial charge in [0.25, 0.3) is 5.91 Å². The smallest absolute Gasteiger partial charge is 0.263 e. The molecule has 1 saturated heterocycles. The van der Waals surface area contributed by atoms with Crippen LogP contribution in [-0.4, -0.2) is 37.3 Å². The number of anilines is 1. The summed E-state index contributed by atoms with van der Waals surface area (Å²) in [6.07, 6.45) is 1.98. The molecule has 1 aliphatic heterocycles. The van der Waals surface area contributed by atoms with E-state index in [1.807, 2.05) is 36.4 Å². The number of carbonyl (C=O) groups is 1. The lowest BCUT2D eigenvalue weighted by Gasteiger charge is -2.24. The number of fused-ring (bicyclic) bond motifs is 2. The summed E-state index contributed by atoms with van der Waals surface area (Å²) in [6, 6.07) is 16.0. The minimum absolute atomic E-state index is 0.0135. The first-order valence-electron chi connectivity index (χ1n) is 10.9. The molecule has 5 rings (SSSR count). The minimum Gasteiger partial charge on any atom is -0.496 e. The van der Waals surface area contributed by atoms with Crippen molar-refractivity contribution in [2.45, 2.75) is 32.8 Å². The van der Waals surface area contributed by atoms with E-state index in [-0.39, 0.29) is 12.0 Å². The maximum atomic E-state index is 14.0. The molecule has 1 aromatic heterocycles. The lowest BCUT2D eigenvalue weighted by Crippen LogP contribution is -2.37. The van der Waals surface area contributed by atoms with Crippen LogP contribution in [0.15, 0.2) is 48.5 Å². The molecule has 4 aromatic rings. The average molecular weight is 447 g/mol. The standard InChI is InChI=1S/C26H26N2O3S/c1-16-10-11-17(2)24-23(16)27-26(32-24)28(15-20-9-6-12-31-20)25(29)21-13-18-7-4-5-8-19(18)14-22(21)30-3/h4-5,7-8,10-11,13-14,20H,6,9,12,15H2,1-3H3. The van der Waals surface area contributed by atoms with Crippen molar-refractivity contribution in [3.8, 4) is 5.75 Å². The molecule has 32 heavy (non-hydrogen) atoms. The highest BCUT2D eigenvalue weighted by atomic mass is 32.1. The number of aryl methyl sites for hydroxylation is 2. The summed E-state index contributed by atoms with van der Waals surface area (Å²) in [5, 5.41) is 2.75. The predicted molar refractivity (Wildman–Crippen MR) is 130 cm³/mol. The van der Waals surface area contributed by atoms with Crippen LogP contribution in [0.2, 0.25) is 0 Å². The van der Waals surface area contributed by atoms with Gasteiger partial charge in [-0.1, -0.05) is 47.7 Å². The van der Waals surface area contributed by atoms with Crippen LogP contribution in [0.1, 0.15) is 34.3 Å². The second-order valence-electron chi connectivity index (χ2n) is 8.32. The molecule has 1 atom stereocenters. The fourth-order valence-electron chi connectivity index (χ4n) is 4.30. The SMILES string of the molecule is COc1cc2ccccc2cc1C(=O)N(CC1CCCO1)c1nc2c(C)ccc(C)c2s1. The molecule has 0 aliphatic carbocycles.